The fourth-order valence-electron chi connectivity index (χ4n) is 5.77. The largest absolute Gasteiger partial charge is 0.486 e. The zero-order chi connectivity index (χ0) is 31.8. The van der Waals surface area contributed by atoms with Crippen molar-refractivity contribution in [3.05, 3.63) is 109 Å². The molecule has 7 aromatic rings. The zero-order valence-electron chi connectivity index (χ0n) is 27.6. The van der Waals surface area contributed by atoms with Gasteiger partial charge in [0.05, 0.1) is 30.5 Å². The monoisotopic (exact) mass is 801 g/mol. The summed E-state index contributed by atoms with van der Waals surface area (Å²) >= 11 is 0. The van der Waals surface area contributed by atoms with E-state index in [-0.39, 0.29) is 20.1 Å². The van der Waals surface area contributed by atoms with Gasteiger partial charge >= 0.3 is 0 Å². The van der Waals surface area contributed by atoms with Crippen molar-refractivity contribution in [2.45, 2.75) is 53.3 Å². The van der Waals surface area contributed by atoms with Crippen molar-refractivity contribution in [3.8, 4) is 22.6 Å². The number of benzene rings is 3. The van der Waals surface area contributed by atoms with Crippen LogP contribution < -0.4 is 5.19 Å². The summed E-state index contributed by atoms with van der Waals surface area (Å²) in [6, 6.07) is 32.9. The minimum atomic E-state index is -1.39. The molecule has 0 saturated heterocycles. The third kappa shape index (κ3) is 6.78. The maximum absolute atomic E-state index is 5.99. The molecule has 4 aromatic heterocycles. The van der Waals surface area contributed by atoms with E-state index < -0.39 is 8.07 Å². The summed E-state index contributed by atoms with van der Waals surface area (Å²) in [5.41, 5.74) is 8.26. The van der Waals surface area contributed by atoms with E-state index in [0.717, 1.165) is 56.5 Å². The Bertz CT molecular complexity index is 2110. The fraction of sp³-hybridized carbons (Fsp3) is 0.256. The van der Waals surface area contributed by atoms with Crippen molar-refractivity contribution >= 4 is 46.4 Å². The molecule has 237 valence electrons. The summed E-state index contributed by atoms with van der Waals surface area (Å²) in [4.78, 5) is 13.8. The average Bonchev–Trinajstić information content (AvgIpc) is 3.59. The number of imidazole rings is 1. The Morgan fingerprint density at radius 1 is 0.891 bits per heavy atom. The second-order valence-electron chi connectivity index (χ2n) is 13.5. The van der Waals surface area contributed by atoms with Crippen molar-refractivity contribution in [1.82, 2.24) is 19.5 Å². The van der Waals surface area contributed by atoms with E-state index in [1.165, 1.54) is 17.2 Å². The van der Waals surface area contributed by atoms with Gasteiger partial charge in [-0.15, -0.1) is 54.1 Å². The molecular formula is C39H40IrN4OSi-2. The Morgan fingerprint density at radius 3 is 2.39 bits per heavy atom. The van der Waals surface area contributed by atoms with Gasteiger partial charge in [0.1, 0.15) is 0 Å². The van der Waals surface area contributed by atoms with Gasteiger partial charge in [-0.3, -0.25) is 4.98 Å². The number of furan rings is 1. The third-order valence-electron chi connectivity index (χ3n) is 8.63. The minimum Gasteiger partial charge on any atom is -0.486 e. The van der Waals surface area contributed by atoms with Crippen LogP contribution in [0.3, 0.4) is 0 Å². The van der Waals surface area contributed by atoms with Gasteiger partial charge in [-0.05, 0) is 47.0 Å². The summed E-state index contributed by atoms with van der Waals surface area (Å²) in [5, 5.41) is 3.54. The molecule has 5 nitrogen and oxygen atoms in total. The van der Waals surface area contributed by atoms with Crippen LogP contribution in [0.15, 0.2) is 95.7 Å². The molecule has 3 aromatic carbocycles. The molecule has 0 aliphatic carbocycles. The molecule has 0 fully saturated rings. The topological polar surface area (TPSA) is 56.7 Å². The zero-order valence-corrected chi connectivity index (χ0v) is 31.0. The average molecular weight is 801 g/mol. The van der Waals surface area contributed by atoms with E-state index in [4.69, 9.17) is 14.4 Å². The van der Waals surface area contributed by atoms with E-state index in [0.29, 0.717) is 11.1 Å². The first-order valence-corrected chi connectivity index (χ1v) is 19.1. The summed E-state index contributed by atoms with van der Waals surface area (Å²) in [6.07, 6.45) is 6.17. The standard InChI is InChI=1S/C20H28NSi.C19H12N3O.Ir/c1-7-20(2,3)14-17-13-18(16-11-9-8-10-12-16)21-15-19(17)22(4,5)6;1-22-16-10-3-2-9-15(16)21-18(22)14-7-4-6-12-13-8-5-11-20-19(13)23-17(12)14;/h8-11,13,15H,7,14H2,1-6H3;2-6,8-11H,1H3;/q2*-1;. The first kappa shape index (κ1) is 33.5. The molecule has 4 heterocycles. The van der Waals surface area contributed by atoms with Crippen LogP contribution in [-0.2, 0) is 33.6 Å². The summed E-state index contributed by atoms with van der Waals surface area (Å²) in [6.45, 7) is 14.2. The number of pyridine rings is 2. The molecule has 0 unspecified atom stereocenters. The van der Waals surface area contributed by atoms with Crippen LogP contribution in [0.4, 0.5) is 0 Å². The van der Waals surface area contributed by atoms with Crippen LogP contribution >= 0.6 is 0 Å². The quantitative estimate of drug-likeness (QED) is 0.124. The molecule has 1 radical (unpaired) electrons. The van der Waals surface area contributed by atoms with Gasteiger partial charge in [0.2, 0.25) is 5.71 Å². The fourth-order valence-corrected chi connectivity index (χ4v) is 7.35. The molecule has 0 aliphatic rings. The molecule has 7 heteroatoms. The summed E-state index contributed by atoms with van der Waals surface area (Å²) in [7, 11) is 0.625. The molecule has 7 rings (SSSR count). The Morgan fingerprint density at radius 2 is 1.67 bits per heavy atom. The Labute approximate surface area is 286 Å². The SMILES string of the molecule is CCC(C)(C)Cc1cc(-c2[c-]cccc2)ncc1[Si](C)(C)C.Cn1c(-c2[c-]ccc3c2oc2ncccc23)nc2ccccc21.[Ir]. The summed E-state index contributed by atoms with van der Waals surface area (Å²) < 4.78 is 8.06. The van der Waals surface area contributed by atoms with Gasteiger partial charge in [-0.1, -0.05) is 81.5 Å². The molecule has 0 atom stereocenters. The van der Waals surface area contributed by atoms with Crippen LogP contribution in [0.5, 0.6) is 0 Å². The van der Waals surface area contributed by atoms with Crippen molar-refractivity contribution in [2.75, 3.05) is 0 Å². The van der Waals surface area contributed by atoms with Crippen molar-refractivity contribution in [3.63, 3.8) is 0 Å². The number of hydrogen-bond donors (Lipinski definition) is 0. The van der Waals surface area contributed by atoms with Crippen molar-refractivity contribution in [2.24, 2.45) is 12.5 Å². The first-order valence-electron chi connectivity index (χ1n) is 15.6. The molecule has 0 bridgehead atoms. The molecule has 0 aliphatic heterocycles. The minimum absolute atomic E-state index is 0. The number of para-hydroxylation sites is 2. The second-order valence-corrected chi connectivity index (χ2v) is 18.5. The Balaban J connectivity index is 0.000000178. The number of aryl methyl sites for hydroxylation is 1. The molecule has 0 saturated carbocycles. The van der Waals surface area contributed by atoms with Crippen LogP contribution in [0, 0.1) is 17.5 Å². The van der Waals surface area contributed by atoms with Gasteiger partial charge < -0.3 is 14.0 Å². The Hall–Kier alpha value is -3.90. The van der Waals surface area contributed by atoms with Gasteiger partial charge in [0.15, 0.2) is 0 Å². The predicted molar refractivity (Wildman–Crippen MR) is 189 cm³/mol. The third-order valence-corrected chi connectivity index (χ3v) is 10.7. The van der Waals surface area contributed by atoms with Crippen molar-refractivity contribution in [1.29, 1.82) is 0 Å². The van der Waals surface area contributed by atoms with E-state index in [1.54, 1.807) is 6.20 Å². The van der Waals surface area contributed by atoms with E-state index in [1.807, 2.05) is 61.6 Å². The van der Waals surface area contributed by atoms with Crippen LogP contribution in [-0.4, -0.2) is 27.6 Å². The van der Waals surface area contributed by atoms with E-state index >= 15 is 0 Å². The normalized spacial score (nSPS) is 11.8. The van der Waals surface area contributed by atoms with Gasteiger partial charge in [0, 0.05) is 44.9 Å². The molecule has 0 amide bonds. The number of rotatable bonds is 6. The number of fused-ring (bicyclic) bond motifs is 4. The number of nitrogens with zero attached hydrogens (tertiary/aromatic N) is 4. The van der Waals surface area contributed by atoms with Crippen LogP contribution in [0.1, 0.15) is 32.8 Å². The predicted octanol–water partition coefficient (Wildman–Crippen LogP) is 9.41. The maximum Gasteiger partial charge on any atom is 0.216 e. The van der Waals surface area contributed by atoms with Crippen LogP contribution in [0.2, 0.25) is 19.6 Å². The molecular weight excluding hydrogens is 761 g/mol. The molecule has 0 N–H and O–H groups in total. The Kier molecular flexibility index (Phi) is 9.78. The smallest absolute Gasteiger partial charge is 0.216 e. The van der Waals surface area contributed by atoms with E-state index in [2.05, 4.69) is 92.6 Å². The number of aromatic nitrogens is 4. The van der Waals surface area contributed by atoms with E-state index in [9.17, 15) is 0 Å². The van der Waals surface area contributed by atoms with Gasteiger partial charge in [0.25, 0.3) is 0 Å². The summed E-state index contributed by atoms with van der Waals surface area (Å²) in [5.74, 6) is 0.843. The van der Waals surface area contributed by atoms with Crippen molar-refractivity contribution < 1.29 is 24.5 Å². The molecule has 0 spiro atoms. The van der Waals surface area contributed by atoms with Crippen LogP contribution in [0.25, 0.3) is 55.7 Å². The number of hydrogen-bond acceptors (Lipinski definition) is 4. The molecule has 46 heavy (non-hydrogen) atoms. The van der Waals surface area contributed by atoms with Gasteiger partial charge in [-0.25, -0.2) is 4.98 Å². The first-order chi connectivity index (χ1) is 21.6. The maximum atomic E-state index is 5.99. The van der Waals surface area contributed by atoms with Gasteiger partial charge in [-0.2, -0.15) is 0 Å². The second kappa shape index (κ2) is 13.4.